The third-order valence-electron chi connectivity index (χ3n) is 4.24. The SMILES string of the molecule is CCc1ccc(NC(N)=NC2CC2c2ccccc2OC(F)(F)F)cc1.I. The first kappa shape index (κ1) is 21.3. The van der Waals surface area contributed by atoms with Crippen LogP contribution in [0.2, 0.25) is 0 Å². The van der Waals surface area contributed by atoms with Crippen molar-refractivity contribution in [3.8, 4) is 5.75 Å². The van der Waals surface area contributed by atoms with Gasteiger partial charge in [-0.2, -0.15) is 0 Å². The topological polar surface area (TPSA) is 59.6 Å². The van der Waals surface area contributed by atoms with Gasteiger partial charge in [0.05, 0.1) is 6.04 Å². The molecule has 2 unspecified atom stereocenters. The molecule has 146 valence electrons. The second-order valence-corrected chi connectivity index (χ2v) is 6.18. The maximum Gasteiger partial charge on any atom is 0.573 e. The number of nitrogens with two attached hydrogens (primary N) is 1. The summed E-state index contributed by atoms with van der Waals surface area (Å²) < 4.78 is 41.7. The van der Waals surface area contributed by atoms with Crippen LogP contribution in [0.5, 0.6) is 5.75 Å². The molecule has 2 aromatic carbocycles. The Kier molecular flexibility index (Phi) is 6.96. The van der Waals surface area contributed by atoms with Gasteiger partial charge in [0.2, 0.25) is 0 Å². The largest absolute Gasteiger partial charge is 0.573 e. The van der Waals surface area contributed by atoms with Gasteiger partial charge in [0.15, 0.2) is 5.96 Å². The van der Waals surface area contributed by atoms with Crippen LogP contribution in [0.4, 0.5) is 18.9 Å². The fraction of sp³-hybridized carbons (Fsp3) is 0.316. The van der Waals surface area contributed by atoms with Crippen LogP contribution >= 0.6 is 24.0 Å². The van der Waals surface area contributed by atoms with Crippen molar-refractivity contribution in [2.75, 3.05) is 5.32 Å². The highest BCUT2D eigenvalue weighted by atomic mass is 127. The normalized spacial score (nSPS) is 19.2. The number of nitrogens with one attached hydrogen (secondary N) is 1. The molecular formula is C19H21F3IN3O. The number of hydrogen-bond donors (Lipinski definition) is 2. The van der Waals surface area contributed by atoms with Crippen LogP contribution in [0.3, 0.4) is 0 Å². The monoisotopic (exact) mass is 491 g/mol. The number of guanidine groups is 1. The van der Waals surface area contributed by atoms with E-state index < -0.39 is 6.36 Å². The summed E-state index contributed by atoms with van der Waals surface area (Å²) in [7, 11) is 0. The number of anilines is 1. The van der Waals surface area contributed by atoms with Crippen molar-refractivity contribution in [1.82, 2.24) is 0 Å². The average molecular weight is 491 g/mol. The lowest BCUT2D eigenvalue weighted by molar-refractivity contribution is -0.274. The Morgan fingerprint density at radius 3 is 2.48 bits per heavy atom. The van der Waals surface area contributed by atoms with E-state index in [0.29, 0.717) is 12.0 Å². The number of aryl methyl sites for hydroxylation is 1. The number of halogens is 4. The molecule has 27 heavy (non-hydrogen) atoms. The molecule has 2 atom stereocenters. The molecule has 0 aromatic heterocycles. The van der Waals surface area contributed by atoms with Crippen molar-refractivity contribution < 1.29 is 17.9 Å². The third kappa shape index (κ3) is 6.02. The number of benzene rings is 2. The number of aliphatic imine (C=N–C) groups is 1. The summed E-state index contributed by atoms with van der Waals surface area (Å²) in [5, 5.41) is 3.01. The molecule has 1 saturated carbocycles. The molecule has 0 heterocycles. The average Bonchev–Trinajstić information content (AvgIpc) is 3.33. The van der Waals surface area contributed by atoms with Crippen LogP contribution in [-0.4, -0.2) is 18.4 Å². The van der Waals surface area contributed by atoms with E-state index in [1.54, 1.807) is 12.1 Å². The number of para-hydroxylation sites is 1. The third-order valence-corrected chi connectivity index (χ3v) is 4.24. The lowest BCUT2D eigenvalue weighted by Gasteiger charge is -2.12. The molecule has 0 saturated heterocycles. The summed E-state index contributed by atoms with van der Waals surface area (Å²) in [5.41, 5.74) is 8.46. The minimum atomic E-state index is -4.71. The molecule has 3 rings (SSSR count). The zero-order valence-electron chi connectivity index (χ0n) is 14.7. The Hall–Kier alpha value is -1.97. The van der Waals surface area contributed by atoms with Gasteiger partial charge >= 0.3 is 6.36 Å². The van der Waals surface area contributed by atoms with E-state index in [1.165, 1.54) is 17.7 Å². The fourth-order valence-corrected chi connectivity index (χ4v) is 2.85. The second-order valence-electron chi connectivity index (χ2n) is 6.18. The van der Waals surface area contributed by atoms with Gasteiger partial charge in [0.1, 0.15) is 5.75 Å². The molecule has 1 fully saturated rings. The number of ether oxygens (including phenoxy) is 1. The molecule has 1 aliphatic carbocycles. The van der Waals surface area contributed by atoms with Crippen molar-refractivity contribution in [3.63, 3.8) is 0 Å². The number of rotatable bonds is 5. The second kappa shape index (κ2) is 8.81. The summed E-state index contributed by atoms with van der Waals surface area (Å²) >= 11 is 0. The van der Waals surface area contributed by atoms with Gasteiger partial charge in [-0.05, 0) is 42.2 Å². The molecule has 0 bridgehead atoms. The van der Waals surface area contributed by atoms with E-state index in [9.17, 15) is 13.2 Å². The minimum absolute atomic E-state index is 0. The van der Waals surface area contributed by atoms with Crippen LogP contribution in [0, 0.1) is 0 Å². The lowest BCUT2D eigenvalue weighted by Crippen LogP contribution is -2.23. The zero-order chi connectivity index (χ0) is 18.7. The van der Waals surface area contributed by atoms with Gasteiger partial charge in [-0.3, -0.25) is 0 Å². The maximum absolute atomic E-state index is 12.5. The summed E-state index contributed by atoms with van der Waals surface area (Å²) in [6, 6.07) is 13.8. The predicted octanol–water partition coefficient (Wildman–Crippen LogP) is 5.05. The highest BCUT2D eigenvalue weighted by Crippen LogP contribution is 2.47. The first-order valence-corrected chi connectivity index (χ1v) is 8.39. The molecule has 4 nitrogen and oxygen atoms in total. The van der Waals surface area contributed by atoms with E-state index in [0.717, 1.165) is 12.1 Å². The number of alkyl halides is 3. The molecule has 0 radical (unpaired) electrons. The lowest BCUT2D eigenvalue weighted by atomic mass is 10.1. The zero-order valence-corrected chi connectivity index (χ0v) is 17.0. The minimum Gasteiger partial charge on any atom is -0.405 e. The standard InChI is InChI=1S/C19H20F3N3O.HI/c1-2-12-7-9-13(10-8-12)24-18(23)25-16-11-15(16)14-5-3-4-6-17(14)26-19(20,21)22;/h3-10,15-16H,2,11H2,1H3,(H3,23,24,25);1H. The molecule has 0 aliphatic heterocycles. The molecule has 0 amide bonds. The molecular weight excluding hydrogens is 470 g/mol. The highest BCUT2D eigenvalue weighted by Gasteiger charge is 2.42. The molecule has 0 spiro atoms. The first-order valence-electron chi connectivity index (χ1n) is 8.39. The van der Waals surface area contributed by atoms with Gasteiger partial charge < -0.3 is 15.8 Å². The van der Waals surface area contributed by atoms with E-state index in [2.05, 4.69) is 22.0 Å². The van der Waals surface area contributed by atoms with Crippen LogP contribution in [0.15, 0.2) is 53.5 Å². The van der Waals surface area contributed by atoms with Gasteiger partial charge in [-0.15, -0.1) is 37.1 Å². The quantitative estimate of drug-likeness (QED) is 0.350. The Balaban J connectivity index is 0.00000261. The van der Waals surface area contributed by atoms with E-state index in [1.807, 2.05) is 24.3 Å². The van der Waals surface area contributed by atoms with Crippen molar-refractivity contribution in [2.24, 2.45) is 10.7 Å². The van der Waals surface area contributed by atoms with Crippen molar-refractivity contribution >= 4 is 35.6 Å². The van der Waals surface area contributed by atoms with E-state index in [4.69, 9.17) is 5.73 Å². The van der Waals surface area contributed by atoms with Gasteiger partial charge in [-0.1, -0.05) is 37.3 Å². The summed E-state index contributed by atoms with van der Waals surface area (Å²) in [4.78, 5) is 4.37. The van der Waals surface area contributed by atoms with Gasteiger partial charge in [0, 0.05) is 11.6 Å². The summed E-state index contributed by atoms with van der Waals surface area (Å²) in [6.07, 6.45) is -3.13. The van der Waals surface area contributed by atoms with Crippen molar-refractivity contribution in [1.29, 1.82) is 0 Å². The summed E-state index contributed by atoms with van der Waals surface area (Å²) in [5.74, 6) is -0.0586. The first-order chi connectivity index (χ1) is 12.4. The Bertz CT molecular complexity index is 794. The van der Waals surface area contributed by atoms with Crippen LogP contribution in [0.25, 0.3) is 0 Å². The van der Waals surface area contributed by atoms with E-state index >= 15 is 0 Å². The fourth-order valence-electron chi connectivity index (χ4n) is 2.85. The molecule has 1 aliphatic rings. The Labute approximate surface area is 173 Å². The number of nitrogens with zero attached hydrogens (tertiary/aromatic N) is 1. The predicted molar refractivity (Wildman–Crippen MR) is 111 cm³/mol. The molecule has 2 aromatic rings. The van der Waals surface area contributed by atoms with Crippen LogP contribution in [0.1, 0.15) is 30.4 Å². The molecule has 3 N–H and O–H groups in total. The van der Waals surface area contributed by atoms with E-state index in [-0.39, 0.29) is 47.6 Å². The van der Waals surface area contributed by atoms with Crippen molar-refractivity contribution in [3.05, 3.63) is 59.7 Å². The molecule has 8 heteroatoms. The maximum atomic E-state index is 12.5. The Morgan fingerprint density at radius 2 is 1.85 bits per heavy atom. The van der Waals surface area contributed by atoms with Crippen molar-refractivity contribution in [2.45, 2.75) is 38.1 Å². The van der Waals surface area contributed by atoms with Gasteiger partial charge in [0.25, 0.3) is 0 Å². The van der Waals surface area contributed by atoms with Gasteiger partial charge in [-0.25, -0.2) is 4.99 Å². The number of hydrogen-bond acceptors (Lipinski definition) is 2. The summed E-state index contributed by atoms with van der Waals surface area (Å²) in [6.45, 7) is 2.08. The smallest absolute Gasteiger partial charge is 0.405 e. The van der Waals surface area contributed by atoms with Crippen LogP contribution < -0.4 is 15.8 Å². The van der Waals surface area contributed by atoms with Crippen LogP contribution in [-0.2, 0) is 6.42 Å². The highest BCUT2D eigenvalue weighted by molar-refractivity contribution is 14.0. The Morgan fingerprint density at radius 1 is 1.19 bits per heavy atom.